The fourth-order valence-electron chi connectivity index (χ4n) is 2.55. The first-order chi connectivity index (χ1) is 10.8. The van der Waals surface area contributed by atoms with Crippen molar-refractivity contribution in [3.63, 3.8) is 0 Å². The molecule has 0 saturated heterocycles. The van der Waals surface area contributed by atoms with Crippen molar-refractivity contribution in [2.75, 3.05) is 7.11 Å². The van der Waals surface area contributed by atoms with Gasteiger partial charge in [0.25, 0.3) is 0 Å². The highest BCUT2D eigenvalue weighted by Crippen LogP contribution is 2.27. The van der Waals surface area contributed by atoms with Gasteiger partial charge in [-0.05, 0) is 24.3 Å². The van der Waals surface area contributed by atoms with Gasteiger partial charge < -0.3 is 4.74 Å². The van der Waals surface area contributed by atoms with E-state index in [-0.39, 0.29) is 0 Å². The lowest BCUT2D eigenvalue weighted by Gasteiger charge is -2.01. The molecule has 0 saturated carbocycles. The largest absolute Gasteiger partial charge is 0.497 e. The van der Waals surface area contributed by atoms with Crippen LogP contribution in [0.4, 0.5) is 0 Å². The van der Waals surface area contributed by atoms with Crippen LogP contribution in [0, 0.1) is 0 Å². The van der Waals surface area contributed by atoms with Crippen LogP contribution in [0.25, 0.3) is 27.9 Å². The molecular weight excluding hydrogens is 298 g/mol. The van der Waals surface area contributed by atoms with Crippen molar-refractivity contribution in [3.8, 4) is 17.0 Å². The van der Waals surface area contributed by atoms with Crippen molar-refractivity contribution in [2.24, 2.45) is 0 Å². The normalized spacial score (nSPS) is 11.2. The van der Waals surface area contributed by atoms with Crippen LogP contribution < -0.4 is 4.74 Å². The fraction of sp³-hybridized carbons (Fsp3) is 0.0588. The zero-order valence-corrected chi connectivity index (χ0v) is 12.6. The van der Waals surface area contributed by atoms with Crippen LogP contribution in [0.15, 0.2) is 54.7 Å². The monoisotopic (exact) mass is 309 g/mol. The molecule has 2 aromatic heterocycles. The molecule has 0 unspecified atom stereocenters. The van der Waals surface area contributed by atoms with E-state index in [2.05, 4.69) is 9.97 Å². The molecule has 22 heavy (non-hydrogen) atoms. The van der Waals surface area contributed by atoms with E-state index < -0.39 is 0 Å². The number of benzene rings is 2. The lowest BCUT2D eigenvalue weighted by molar-refractivity contribution is 0.415. The minimum Gasteiger partial charge on any atom is -0.497 e. The summed E-state index contributed by atoms with van der Waals surface area (Å²) in [5, 5.41) is 0.396. The first-order valence-electron chi connectivity index (χ1n) is 6.84. The summed E-state index contributed by atoms with van der Waals surface area (Å²) in [6.07, 6.45) is 1.97. The Morgan fingerprint density at radius 2 is 1.91 bits per heavy atom. The molecule has 0 radical (unpaired) electrons. The van der Waals surface area contributed by atoms with Gasteiger partial charge in [0.1, 0.15) is 5.75 Å². The van der Waals surface area contributed by atoms with E-state index in [0.29, 0.717) is 10.8 Å². The summed E-state index contributed by atoms with van der Waals surface area (Å²) < 4.78 is 7.24. The summed E-state index contributed by atoms with van der Waals surface area (Å²) in [5.74, 6) is 0.795. The van der Waals surface area contributed by atoms with Gasteiger partial charge in [0, 0.05) is 11.8 Å². The molecule has 0 aliphatic carbocycles. The highest BCUT2D eigenvalue weighted by molar-refractivity contribution is 6.32. The number of rotatable bonds is 2. The Labute approximate surface area is 132 Å². The van der Waals surface area contributed by atoms with Crippen LogP contribution >= 0.6 is 11.6 Å². The third-order valence-corrected chi connectivity index (χ3v) is 3.87. The number of hydrogen-bond donors (Lipinski definition) is 0. The van der Waals surface area contributed by atoms with E-state index in [0.717, 1.165) is 28.0 Å². The maximum Gasteiger partial charge on any atom is 0.175 e. The first kappa shape index (κ1) is 13.1. The quantitative estimate of drug-likeness (QED) is 0.557. The average molecular weight is 310 g/mol. The molecule has 0 aliphatic heterocycles. The van der Waals surface area contributed by atoms with Crippen molar-refractivity contribution in [2.45, 2.75) is 0 Å². The summed E-state index contributed by atoms with van der Waals surface area (Å²) >= 11 is 6.28. The molecule has 0 atom stereocenters. The molecule has 0 spiro atoms. The number of methoxy groups -OCH3 is 1. The molecule has 0 bridgehead atoms. The standard InChI is InChI=1S/C17H12ClN3O/c1-22-12-6-4-5-11(9-12)14-10-21-15-8-3-2-7-13(15)19-16(18)17(21)20-14/h2-10H,1H3. The second-order valence-electron chi connectivity index (χ2n) is 4.94. The smallest absolute Gasteiger partial charge is 0.175 e. The maximum absolute atomic E-state index is 6.28. The van der Waals surface area contributed by atoms with Gasteiger partial charge in [0.15, 0.2) is 10.8 Å². The minimum atomic E-state index is 0.396. The van der Waals surface area contributed by atoms with Gasteiger partial charge in [-0.2, -0.15) is 0 Å². The van der Waals surface area contributed by atoms with Gasteiger partial charge >= 0.3 is 0 Å². The lowest BCUT2D eigenvalue weighted by Crippen LogP contribution is -1.91. The molecular formula is C17H12ClN3O. The zero-order valence-electron chi connectivity index (χ0n) is 11.8. The van der Waals surface area contributed by atoms with E-state index in [1.54, 1.807) is 7.11 Å². The van der Waals surface area contributed by atoms with Gasteiger partial charge in [0.2, 0.25) is 0 Å². The number of nitrogens with zero attached hydrogens (tertiary/aromatic N) is 3. The number of hydrogen-bond acceptors (Lipinski definition) is 3. The highest BCUT2D eigenvalue weighted by Gasteiger charge is 2.12. The number of imidazole rings is 1. The van der Waals surface area contributed by atoms with Gasteiger partial charge in [-0.25, -0.2) is 9.97 Å². The first-order valence-corrected chi connectivity index (χ1v) is 7.22. The van der Waals surface area contributed by atoms with Crippen molar-refractivity contribution in [1.82, 2.24) is 14.4 Å². The van der Waals surface area contributed by atoms with Crippen molar-refractivity contribution in [1.29, 1.82) is 0 Å². The number of ether oxygens (including phenoxy) is 1. The highest BCUT2D eigenvalue weighted by atomic mass is 35.5. The van der Waals surface area contributed by atoms with Crippen LogP contribution in [0.2, 0.25) is 5.15 Å². The predicted molar refractivity (Wildman–Crippen MR) is 87.5 cm³/mol. The van der Waals surface area contributed by atoms with Crippen LogP contribution in [-0.2, 0) is 0 Å². The van der Waals surface area contributed by atoms with Crippen LogP contribution in [0.3, 0.4) is 0 Å². The maximum atomic E-state index is 6.28. The molecule has 4 rings (SSSR count). The van der Waals surface area contributed by atoms with Gasteiger partial charge in [-0.15, -0.1) is 0 Å². The van der Waals surface area contributed by atoms with E-state index in [9.17, 15) is 0 Å². The molecule has 0 N–H and O–H groups in total. The zero-order chi connectivity index (χ0) is 15.1. The van der Waals surface area contributed by atoms with Crippen molar-refractivity contribution >= 4 is 28.3 Å². The average Bonchev–Trinajstić information content (AvgIpc) is 3.01. The summed E-state index contributed by atoms with van der Waals surface area (Å²) in [4.78, 5) is 9.02. The van der Waals surface area contributed by atoms with Crippen molar-refractivity contribution in [3.05, 3.63) is 59.9 Å². The van der Waals surface area contributed by atoms with Crippen LogP contribution in [0.5, 0.6) is 5.75 Å². The Hall–Kier alpha value is -2.59. The van der Waals surface area contributed by atoms with Gasteiger partial charge in [0.05, 0.1) is 23.8 Å². The Morgan fingerprint density at radius 1 is 1.05 bits per heavy atom. The summed E-state index contributed by atoms with van der Waals surface area (Å²) in [6, 6.07) is 15.6. The number of fused-ring (bicyclic) bond motifs is 3. The van der Waals surface area contributed by atoms with E-state index in [1.165, 1.54) is 0 Å². The third-order valence-electron chi connectivity index (χ3n) is 3.62. The second kappa shape index (κ2) is 5.00. The number of halogens is 1. The van der Waals surface area contributed by atoms with Gasteiger partial charge in [-0.1, -0.05) is 35.9 Å². The molecule has 5 heteroatoms. The second-order valence-corrected chi connectivity index (χ2v) is 5.30. The van der Waals surface area contributed by atoms with E-state index >= 15 is 0 Å². The predicted octanol–water partition coefficient (Wildman–Crippen LogP) is 4.21. The van der Waals surface area contributed by atoms with Crippen LogP contribution in [-0.4, -0.2) is 21.5 Å². The van der Waals surface area contributed by atoms with Crippen LogP contribution in [0.1, 0.15) is 0 Å². The fourth-order valence-corrected chi connectivity index (χ4v) is 2.77. The molecule has 108 valence electrons. The molecule has 0 fully saturated rings. The number of para-hydroxylation sites is 2. The molecule has 2 aromatic carbocycles. The Kier molecular flexibility index (Phi) is 2.98. The Bertz CT molecular complexity index is 994. The molecule has 0 amide bonds. The summed E-state index contributed by atoms with van der Waals surface area (Å²) in [7, 11) is 1.65. The lowest BCUT2D eigenvalue weighted by atomic mass is 10.1. The SMILES string of the molecule is COc1cccc(-c2cn3c(n2)c(Cl)nc2ccccc23)c1. The summed E-state index contributed by atoms with van der Waals surface area (Å²) in [6.45, 7) is 0. The number of aromatic nitrogens is 3. The van der Waals surface area contributed by atoms with Gasteiger partial charge in [-0.3, -0.25) is 4.40 Å². The minimum absolute atomic E-state index is 0.396. The van der Waals surface area contributed by atoms with Crippen molar-refractivity contribution < 1.29 is 4.74 Å². The van der Waals surface area contributed by atoms with E-state index in [1.807, 2.05) is 59.1 Å². The molecule has 4 nitrogen and oxygen atoms in total. The third kappa shape index (κ3) is 2.00. The molecule has 4 aromatic rings. The summed E-state index contributed by atoms with van der Waals surface area (Å²) in [5.41, 5.74) is 4.28. The van der Waals surface area contributed by atoms with E-state index in [4.69, 9.17) is 16.3 Å². The Balaban J connectivity index is 2.00. The topological polar surface area (TPSA) is 39.4 Å². The molecule has 0 aliphatic rings. The Morgan fingerprint density at radius 3 is 2.77 bits per heavy atom. The molecule has 2 heterocycles.